The fourth-order valence-electron chi connectivity index (χ4n) is 2.98. The summed E-state index contributed by atoms with van der Waals surface area (Å²) in [7, 11) is 0. The van der Waals surface area contributed by atoms with Crippen molar-refractivity contribution in [1.29, 1.82) is 5.26 Å². The number of amides is 2. The highest BCUT2D eigenvalue weighted by Crippen LogP contribution is 2.21. The van der Waals surface area contributed by atoms with Crippen molar-refractivity contribution >= 4 is 33.6 Å². The third kappa shape index (κ3) is 5.71. The van der Waals surface area contributed by atoms with Gasteiger partial charge in [-0.25, -0.2) is 4.68 Å². The van der Waals surface area contributed by atoms with Crippen LogP contribution in [0.2, 0.25) is 0 Å². The number of rotatable bonds is 8. The molecule has 4 N–H and O–H groups in total. The summed E-state index contributed by atoms with van der Waals surface area (Å²) in [4.78, 5) is 24.1. The van der Waals surface area contributed by atoms with Gasteiger partial charge in [-0.05, 0) is 43.2 Å². The molecule has 0 aliphatic carbocycles. The predicted molar refractivity (Wildman–Crippen MR) is 120 cm³/mol. The second-order valence-corrected chi connectivity index (χ2v) is 7.63. The number of aryl methyl sites for hydroxylation is 1. The SMILES string of the molecule is N#Cc1c(CCCNC(=O)CNC(=O)c2cccc(Br)c2)nn(-c2ccccc2)c1N. The molecule has 0 atom stereocenters. The van der Waals surface area contributed by atoms with Gasteiger partial charge in [0, 0.05) is 16.6 Å². The molecule has 0 aliphatic heterocycles. The topological polar surface area (TPSA) is 126 Å². The van der Waals surface area contributed by atoms with Gasteiger partial charge >= 0.3 is 0 Å². The van der Waals surface area contributed by atoms with Gasteiger partial charge in [-0.2, -0.15) is 10.4 Å². The largest absolute Gasteiger partial charge is 0.382 e. The molecule has 0 radical (unpaired) electrons. The molecule has 0 unspecified atom stereocenters. The van der Waals surface area contributed by atoms with Gasteiger partial charge in [-0.1, -0.05) is 40.2 Å². The predicted octanol–water partition coefficient (Wildman–Crippen LogP) is 2.57. The molecule has 31 heavy (non-hydrogen) atoms. The van der Waals surface area contributed by atoms with Crippen LogP contribution in [0.3, 0.4) is 0 Å². The molecule has 8 nitrogen and oxygen atoms in total. The van der Waals surface area contributed by atoms with Crippen molar-refractivity contribution in [2.75, 3.05) is 18.8 Å². The molecule has 0 aliphatic rings. The van der Waals surface area contributed by atoms with Crippen molar-refractivity contribution in [1.82, 2.24) is 20.4 Å². The summed E-state index contributed by atoms with van der Waals surface area (Å²) in [6.45, 7) is 0.263. The second-order valence-electron chi connectivity index (χ2n) is 6.71. The minimum absolute atomic E-state index is 0.121. The lowest BCUT2D eigenvalue weighted by atomic mass is 10.1. The third-order valence-corrected chi connectivity index (χ3v) is 5.01. The van der Waals surface area contributed by atoms with Gasteiger partial charge < -0.3 is 16.4 Å². The number of nitrogens with two attached hydrogens (primary N) is 1. The summed E-state index contributed by atoms with van der Waals surface area (Å²) in [6, 6.07) is 18.4. The Morgan fingerprint density at radius 3 is 2.61 bits per heavy atom. The molecule has 0 fully saturated rings. The van der Waals surface area contributed by atoms with E-state index in [0.29, 0.717) is 42.0 Å². The van der Waals surface area contributed by atoms with E-state index in [1.807, 2.05) is 36.4 Å². The number of carbonyl (C=O) groups is 2. The van der Waals surface area contributed by atoms with E-state index in [1.165, 1.54) is 0 Å². The van der Waals surface area contributed by atoms with Crippen LogP contribution in [0.4, 0.5) is 5.82 Å². The van der Waals surface area contributed by atoms with Crippen molar-refractivity contribution in [2.45, 2.75) is 12.8 Å². The van der Waals surface area contributed by atoms with E-state index >= 15 is 0 Å². The first-order chi connectivity index (χ1) is 15.0. The number of para-hydroxylation sites is 1. The van der Waals surface area contributed by atoms with Gasteiger partial charge in [0.15, 0.2) is 0 Å². The number of nitrogens with zero attached hydrogens (tertiary/aromatic N) is 3. The Balaban J connectivity index is 1.48. The molecule has 3 rings (SSSR count). The number of nitrogens with one attached hydrogen (secondary N) is 2. The average Bonchev–Trinajstić information content (AvgIpc) is 3.10. The highest BCUT2D eigenvalue weighted by Gasteiger charge is 2.16. The fourth-order valence-corrected chi connectivity index (χ4v) is 3.38. The molecule has 0 spiro atoms. The van der Waals surface area contributed by atoms with E-state index in [9.17, 15) is 14.9 Å². The lowest BCUT2D eigenvalue weighted by Gasteiger charge is -2.07. The van der Waals surface area contributed by atoms with Gasteiger partial charge in [0.25, 0.3) is 5.91 Å². The zero-order chi connectivity index (χ0) is 22.2. The molecule has 2 amide bonds. The number of benzene rings is 2. The molecule has 0 saturated heterocycles. The Labute approximate surface area is 188 Å². The fraction of sp³-hybridized carbons (Fsp3) is 0.182. The van der Waals surface area contributed by atoms with Crippen molar-refractivity contribution in [2.24, 2.45) is 0 Å². The minimum Gasteiger partial charge on any atom is -0.382 e. The lowest BCUT2D eigenvalue weighted by molar-refractivity contribution is -0.120. The molecule has 1 heterocycles. The first-order valence-electron chi connectivity index (χ1n) is 9.63. The first-order valence-corrected chi connectivity index (χ1v) is 10.4. The molecular formula is C22H21BrN6O2. The van der Waals surface area contributed by atoms with Crippen LogP contribution in [0, 0.1) is 11.3 Å². The summed E-state index contributed by atoms with van der Waals surface area (Å²) >= 11 is 3.31. The number of halogens is 1. The maximum atomic E-state index is 12.1. The molecule has 3 aromatic rings. The van der Waals surface area contributed by atoms with Crippen molar-refractivity contribution in [3.63, 3.8) is 0 Å². The molecule has 0 bridgehead atoms. The van der Waals surface area contributed by atoms with Crippen LogP contribution in [0.1, 0.15) is 28.0 Å². The maximum Gasteiger partial charge on any atom is 0.251 e. The van der Waals surface area contributed by atoms with Crippen molar-refractivity contribution in [3.8, 4) is 11.8 Å². The molecule has 0 saturated carbocycles. The lowest BCUT2D eigenvalue weighted by Crippen LogP contribution is -2.37. The standard InChI is InChI=1S/C22H21BrN6O2/c23-16-7-4-6-15(12-16)22(31)27-14-20(30)26-11-5-10-19-18(13-24)21(25)29(28-19)17-8-2-1-3-9-17/h1-4,6-9,12H,5,10-11,14,25H2,(H,26,30)(H,27,31). The van der Waals surface area contributed by atoms with E-state index in [-0.39, 0.29) is 18.4 Å². The third-order valence-electron chi connectivity index (χ3n) is 4.52. The number of nitrogen functional groups attached to an aromatic ring is 1. The molecule has 158 valence electrons. The van der Waals surface area contributed by atoms with Crippen LogP contribution in [-0.4, -0.2) is 34.7 Å². The van der Waals surface area contributed by atoms with Gasteiger partial charge in [0.05, 0.1) is 17.9 Å². The highest BCUT2D eigenvalue weighted by atomic mass is 79.9. The normalized spacial score (nSPS) is 10.3. The van der Waals surface area contributed by atoms with Crippen molar-refractivity contribution in [3.05, 3.63) is 75.9 Å². The van der Waals surface area contributed by atoms with E-state index in [0.717, 1.165) is 10.2 Å². The van der Waals surface area contributed by atoms with Crippen LogP contribution in [0.25, 0.3) is 5.69 Å². The summed E-state index contributed by atoms with van der Waals surface area (Å²) < 4.78 is 2.33. The van der Waals surface area contributed by atoms with E-state index < -0.39 is 0 Å². The Morgan fingerprint density at radius 1 is 1.13 bits per heavy atom. The average molecular weight is 481 g/mol. The number of hydrogen-bond acceptors (Lipinski definition) is 5. The summed E-state index contributed by atoms with van der Waals surface area (Å²) in [5.41, 5.74) is 8.26. The summed E-state index contributed by atoms with van der Waals surface area (Å²) in [6.07, 6.45) is 1.06. The van der Waals surface area contributed by atoms with E-state index in [2.05, 4.69) is 37.7 Å². The van der Waals surface area contributed by atoms with Crippen LogP contribution < -0.4 is 16.4 Å². The quantitative estimate of drug-likeness (QED) is 0.427. The molecule has 1 aromatic heterocycles. The zero-order valence-electron chi connectivity index (χ0n) is 16.6. The molecule has 2 aromatic carbocycles. The number of nitriles is 1. The highest BCUT2D eigenvalue weighted by molar-refractivity contribution is 9.10. The van der Waals surface area contributed by atoms with E-state index in [4.69, 9.17) is 5.73 Å². The van der Waals surface area contributed by atoms with Crippen molar-refractivity contribution < 1.29 is 9.59 Å². The summed E-state index contributed by atoms with van der Waals surface area (Å²) in [5, 5.41) is 19.2. The second kappa shape index (κ2) is 10.4. The maximum absolute atomic E-state index is 12.1. The minimum atomic E-state index is -0.322. The zero-order valence-corrected chi connectivity index (χ0v) is 18.2. The Kier molecular flexibility index (Phi) is 7.40. The Bertz CT molecular complexity index is 1120. The Hall–Kier alpha value is -3.64. The number of hydrogen-bond donors (Lipinski definition) is 3. The van der Waals surface area contributed by atoms with Gasteiger partial charge in [-0.3, -0.25) is 9.59 Å². The smallest absolute Gasteiger partial charge is 0.251 e. The van der Waals surface area contributed by atoms with Crippen LogP contribution in [-0.2, 0) is 11.2 Å². The van der Waals surface area contributed by atoms with Crippen LogP contribution in [0.5, 0.6) is 0 Å². The first kappa shape index (κ1) is 22.1. The van der Waals surface area contributed by atoms with E-state index in [1.54, 1.807) is 22.9 Å². The van der Waals surface area contributed by atoms with Crippen LogP contribution in [0.15, 0.2) is 59.1 Å². The van der Waals surface area contributed by atoms with Gasteiger partial charge in [-0.15, -0.1) is 0 Å². The summed E-state index contributed by atoms with van der Waals surface area (Å²) in [5.74, 6) is -0.321. The van der Waals surface area contributed by atoms with Gasteiger partial charge in [0.2, 0.25) is 5.91 Å². The van der Waals surface area contributed by atoms with Crippen LogP contribution >= 0.6 is 15.9 Å². The molecular weight excluding hydrogens is 460 g/mol. The number of aromatic nitrogens is 2. The number of anilines is 1. The number of carbonyl (C=O) groups excluding carboxylic acids is 2. The monoisotopic (exact) mass is 480 g/mol. The van der Waals surface area contributed by atoms with Gasteiger partial charge in [0.1, 0.15) is 17.5 Å². The molecule has 9 heteroatoms. The Morgan fingerprint density at radius 2 is 1.90 bits per heavy atom.